The van der Waals surface area contributed by atoms with Gasteiger partial charge in [0.15, 0.2) is 11.6 Å². The molecule has 2 N–H and O–H groups in total. The molecular formula is C9H9N3O4. The van der Waals surface area contributed by atoms with E-state index >= 15 is 0 Å². The fourth-order valence-corrected chi connectivity index (χ4v) is 1.16. The number of nitrogens with zero attached hydrogens (tertiary/aromatic N) is 1. The van der Waals surface area contributed by atoms with Crippen LogP contribution in [0.3, 0.4) is 0 Å². The van der Waals surface area contributed by atoms with E-state index in [1.807, 2.05) is 0 Å². The Morgan fingerprint density at radius 3 is 3.06 bits per heavy atom. The molecule has 0 saturated carbocycles. The van der Waals surface area contributed by atoms with E-state index in [1.54, 1.807) is 12.1 Å². The van der Waals surface area contributed by atoms with Crippen LogP contribution in [0, 0.1) is 0 Å². The quantitative estimate of drug-likeness (QED) is 0.755. The van der Waals surface area contributed by atoms with Gasteiger partial charge in [-0.2, -0.15) is 0 Å². The summed E-state index contributed by atoms with van der Waals surface area (Å²) in [6.45, 7) is 0.335. The van der Waals surface area contributed by atoms with Gasteiger partial charge in [0.25, 0.3) is 5.91 Å². The molecule has 7 heteroatoms. The van der Waals surface area contributed by atoms with E-state index in [2.05, 4.69) is 20.0 Å². The number of hydrogen-bond acceptors (Lipinski definition) is 5. The van der Waals surface area contributed by atoms with E-state index in [4.69, 9.17) is 4.42 Å². The van der Waals surface area contributed by atoms with E-state index in [-0.39, 0.29) is 11.7 Å². The van der Waals surface area contributed by atoms with Gasteiger partial charge in [0.2, 0.25) is 0 Å². The first-order chi connectivity index (χ1) is 7.75. The van der Waals surface area contributed by atoms with E-state index < -0.39 is 5.76 Å². The van der Waals surface area contributed by atoms with Crippen LogP contribution in [0.25, 0.3) is 0 Å². The Morgan fingerprint density at radius 2 is 2.44 bits per heavy atom. The van der Waals surface area contributed by atoms with Gasteiger partial charge in [-0.3, -0.25) is 14.3 Å². The van der Waals surface area contributed by atoms with Gasteiger partial charge < -0.3 is 9.73 Å². The van der Waals surface area contributed by atoms with Crippen molar-refractivity contribution in [3.05, 3.63) is 40.5 Å². The maximum atomic E-state index is 11.4. The van der Waals surface area contributed by atoms with Crippen LogP contribution in [0.2, 0.25) is 0 Å². The summed E-state index contributed by atoms with van der Waals surface area (Å²) in [5.41, 5.74) is 0. The number of carbonyl (C=O) groups excluding carboxylic acids is 1. The van der Waals surface area contributed by atoms with Crippen molar-refractivity contribution in [2.24, 2.45) is 0 Å². The maximum Gasteiger partial charge on any atom is 0.438 e. The van der Waals surface area contributed by atoms with E-state index in [9.17, 15) is 9.59 Å². The Kier molecular flexibility index (Phi) is 2.86. The molecule has 2 aromatic heterocycles. The summed E-state index contributed by atoms with van der Waals surface area (Å²) >= 11 is 0. The molecule has 0 spiro atoms. The lowest BCUT2D eigenvalue weighted by atomic mass is 10.3. The van der Waals surface area contributed by atoms with Crippen LogP contribution in [0.5, 0.6) is 0 Å². The zero-order chi connectivity index (χ0) is 11.4. The summed E-state index contributed by atoms with van der Waals surface area (Å²) in [5.74, 6) is -0.276. The first-order valence-electron chi connectivity index (χ1n) is 4.62. The van der Waals surface area contributed by atoms with E-state index in [1.165, 1.54) is 6.26 Å². The first kappa shape index (κ1) is 10.2. The lowest BCUT2D eigenvalue weighted by Crippen LogP contribution is -2.25. The van der Waals surface area contributed by atoms with Gasteiger partial charge in [-0.1, -0.05) is 5.16 Å². The Labute approximate surface area is 89.4 Å². The minimum absolute atomic E-state index is 0.244. The molecule has 1 amide bonds. The van der Waals surface area contributed by atoms with Crippen molar-refractivity contribution in [1.29, 1.82) is 0 Å². The van der Waals surface area contributed by atoms with Crippen molar-refractivity contribution in [3.8, 4) is 0 Å². The van der Waals surface area contributed by atoms with Gasteiger partial charge >= 0.3 is 5.76 Å². The van der Waals surface area contributed by atoms with Gasteiger partial charge in [-0.05, 0) is 12.1 Å². The minimum atomic E-state index is -0.604. The maximum absolute atomic E-state index is 11.4. The highest BCUT2D eigenvalue weighted by molar-refractivity contribution is 5.91. The Morgan fingerprint density at radius 1 is 1.56 bits per heavy atom. The molecule has 0 aromatic carbocycles. The Hall–Kier alpha value is -2.31. The fraction of sp³-hybridized carbons (Fsp3) is 0.222. The second-order valence-electron chi connectivity index (χ2n) is 3.02. The molecule has 0 atom stereocenters. The van der Waals surface area contributed by atoms with Crippen LogP contribution in [0.15, 0.2) is 32.1 Å². The van der Waals surface area contributed by atoms with Gasteiger partial charge in [0, 0.05) is 13.0 Å². The molecule has 16 heavy (non-hydrogen) atoms. The summed E-state index contributed by atoms with van der Waals surface area (Å²) in [7, 11) is 0. The third kappa shape index (κ3) is 2.38. The first-order valence-corrected chi connectivity index (χ1v) is 4.62. The normalized spacial score (nSPS) is 10.2. The third-order valence-electron chi connectivity index (χ3n) is 1.88. The van der Waals surface area contributed by atoms with Crippen molar-refractivity contribution in [1.82, 2.24) is 15.5 Å². The number of carbonyl (C=O) groups is 1. The Bertz CT molecular complexity index is 511. The largest absolute Gasteiger partial charge is 0.459 e. The van der Waals surface area contributed by atoms with E-state index in [0.29, 0.717) is 18.8 Å². The predicted molar refractivity (Wildman–Crippen MR) is 51.9 cm³/mol. The second kappa shape index (κ2) is 4.47. The molecule has 0 bridgehead atoms. The molecule has 2 aromatic rings. The fourth-order valence-electron chi connectivity index (χ4n) is 1.16. The third-order valence-corrected chi connectivity index (χ3v) is 1.88. The number of nitrogens with one attached hydrogen (secondary N) is 2. The summed E-state index contributed by atoms with van der Waals surface area (Å²) in [6.07, 6.45) is 1.81. The molecule has 0 unspecified atom stereocenters. The number of aromatic nitrogens is 2. The molecular weight excluding hydrogens is 214 g/mol. The van der Waals surface area contributed by atoms with Gasteiger partial charge in [-0.25, -0.2) is 4.79 Å². The van der Waals surface area contributed by atoms with Crippen LogP contribution >= 0.6 is 0 Å². The molecule has 2 heterocycles. The topological polar surface area (TPSA) is 101 Å². The van der Waals surface area contributed by atoms with Crippen molar-refractivity contribution in [2.45, 2.75) is 6.42 Å². The smallest absolute Gasteiger partial charge is 0.438 e. The molecule has 2 rings (SSSR count). The van der Waals surface area contributed by atoms with Crippen LogP contribution in [0.1, 0.15) is 16.4 Å². The predicted octanol–water partition coefficient (Wildman–Crippen LogP) is -0.0716. The number of furan rings is 1. The van der Waals surface area contributed by atoms with E-state index in [0.717, 1.165) is 0 Å². The lowest BCUT2D eigenvalue weighted by Gasteiger charge is -1.99. The van der Waals surface area contributed by atoms with Gasteiger partial charge in [-0.15, -0.1) is 0 Å². The zero-order valence-electron chi connectivity index (χ0n) is 8.23. The van der Waals surface area contributed by atoms with Crippen molar-refractivity contribution in [2.75, 3.05) is 6.54 Å². The van der Waals surface area contributed by atoms with Crippen LogP contribution < -0.4 is 11.1 Å². The standard InChI is InChI=1S/C9H9N3O4/c13-8(6-2-1-5-15-6)10-4-3-7-11-9(14)16-12-7/h1-2,5H,3-4H2,(H,10,13)(H,11,12,14). The summed E-state index contributed by atoms with van der Waals surface area (Å²) in [4.78, 5) is 24.3. The Balaban J connectivity index is 1.80. The van der Waals surface area contributed by atoms with Crippen molar-refractivity contribution < 1.29 is 13.7 Å². The molecule has 0 fully saturated rings. The lowest BCUT2D eigenvalue weighted by molar-refractivity contribution is 0.0926. The highest BCUT2D eigenvalue weighted by Crippen LogP contribution is 1.98. The number of amides is 1. The highest BCUT2D eigenvalue weighted by atomic mass is 16.5. The molecule has 0 radical (unpaired) electrons. The van der Waals surface area contributed by atoms with Gasteiger partial charge in [0.05, 0.1) is 6.26 Å². The van der Waals surface area contributed by atoms with Crippen LogP contribution in [-0.2, 0) is 6.42 Å². The van der Waals surface area contributed by atoms with Crippen LogP contribution in [0.4, 0.5) is 0 Å². The SMILES string of the molecule is O=C(NCCc1noc(=O)[nH]1)c1ccco1. The molecule has 0 aliphatic heterocycles. The molecule has 0 aliphatic carbocycles. The molecule has 0 saturated heterocycles. The molecule has 84 valence electrons. The zero-order valence-corrected chi connectivity index (χ0v) is 8.23. The summed E-state index contributed by atoms with van der Waals surface area (Å²) in [5, 5.41) is 6.06. The summed E-state index contributed by atoms with van der Waals surface area (Å²) < 4.78 is 9.20. The highest BCUT2D eigenvalue weighted by Gasteiger charge is 2.07. The number of rotatable bonds is 4. The van der Waals surface area contributed by atoms with Gasteiger partial charge in [0.1, 0.15) is 0 Å². The average Bonchev–Trinajstić information content (AvgIpc) is 2.89. The summed E-state index contributed by atoms with van der Waals surface area (Å²) in [6, 6.07) is 3.19. The number of H-pyrrole nitrogens is 1. The monoisotopic (exact) mass is 223 g/mol. The molecule has 0 aliphatic rings. The number of hydrogen-bond donors (Lipinski definition) is 2. The average molecular weight is 223 g/mol. The van der Waals surface area contributed by atoms with Crippen LogP contribution in [-0.4, -0.2) is 22.6 Å². The number of aromatic amines is 1. The minimum Gasteiger partial charge on any atom is -0.459 e. The molecule has 7 nitrogen and oxygen atoms in total. The van der Waals surface area contributed by atoms with Crippen molar-refractivity contribution >= 4 is 5.91 Å². The second-order valence-corrected chi connectivity index (χ2v) is 3.02. The van der Waals surface area contributed by atoms with Crippen molar-refractivity contribution in [3.63, 3.8) is 0 Å².